The number of likely N-dealkylation sites (tertiary alicyclic amines) is 1. The molecule has 0 saturated carbocycles. The molecule has 8 nitrogen and oxygen atoms in total. The molecule has 3 heterocycles. The summed E-state index contributed by atoms with van der Waals surface area (Å²) in [6, 6.07) is 14.4. The number of rotatable bonds is 9. The van der Waals surface area contributed by atoms with Gasteiger partial charge in [0.2, 0.25) is 0 Å². The van der Waals surface area contributed by atoms with Crippen LogP contribution in [0.1, 0.15) is 56.7 Å². The lowest BCUT2D eigenvalue weighted by atomic mass is 9.91. The molecule has 1 unspecified atom stereocenters. The summed E-state index contributed by atoms with van der Waals surface area (Å²) in [5.41, 5.74) is 2.41. The maximum atomic E-state index is 13.4. The predicted molar refractivity (Wildman–Crippen MR) is 161 cm³/mol. The SMILES string of the molecule is CCOC(=O)C1=C(C)N(CCCC2CCN(Cc3ccccc3)CC2)C(=O)NC1c1coc2ccc(Br)cc2c1=O. The van der Waals surface area contributed by atoms with Crippen molar-refractivity contribution in [2.45, 2.75) is 52.1 Å². The molecule has 41 heavy (non-hydrogen) atoms. The van der Waals surface area contributed by atoms with Crippen LogP contribution in [0.4, 0.5) is 4.79 Å². The molecule has 1 N–H and O–H groups in total. The Morgan fingerprint density at radius 3 is 2.61 bits per heavy atom. The summed E-state index contributed by atoms with van der Waals surface area (Å²) in [7, 11) is 0. The fourth-order valence-electron chi connectivity index (χ4n) is 5.89. The Bertz CT molecular complexity index is 1490. The van der Waals surface area contributed by atoms with Crippen molar-refractivity contribution in [2.24, 2.45) is 5.92 Å². The lowest BCUT2D eigenvalue weighted by Gasteiger charge is -2.36. The molecule has 2 aliphatic heterocycles. The summed E-state index contributed by atoms with van der Waals surface area (Å²) >= 11 is 3.40. The smallest absolute Gasteiger partial charge is 0.338 e. The van der Waals surface area contributed by atoms with Crippen molar-refractivity contribution in [2.75, 3.05) is 26.2 Å². The average Bonchev–Trinajstić information content (AvgIpc) is 2.96. The Morgan fingerprint density at radius 2 is 1.88 bits per heavy atom. The Morgan fingerprint density at radius 1 is 1.12 bits per heavy atom. The summed E-state index contributed by atoms with van der Waals surface area (Å²) in [5, 5.41) is 3.26. The standard InChI is InChI=1S/C32H36BrN3O5/c1-3-40-31(38)28-21(2)36(15-7-10-22-13-16-35(17-14-22)19-23-8-5-4-6-9-23)32(39)34-29(28)26-20-41-27-12-11-24(33)18-25(27)30(26)37/h4-6,8-9,11-12,18,20,22,29H,3,7,10,13-17,19H2,1-2H3,(H,34,39). The molecule has 1 saturated heterocycles. The Kier molecular flexibility index (Phi) is 9.25. The first-order valence-corrected chi connectivity index (χ1v) is 15.1. The van der Waals surface area contributed by atoms with Crippen molar-refractivity contribution in [1.29, 1.82) is 0 Å². The predicted octanol–water partition coefficient (Wildman–Crippen LogP) is 6.15. The number of halogens is 1. The van der Waals surface area contributed by atoms with Crippen molar-refractivity contribution in [3.63, 3.8) is 0 Å². The zero-order valence-corrected chi connectivity index (χ0v) is 25.1. The lowest BCUT2D eigenvalue weighted by Crippen LogP contribution is -2.49. The minimum atomic E-state index is -0.966. The molecule has 216 valence electrons. The van der Waals surface area contributed by atoms with Crippen LogP contribution >= 0.6 is 15.9 Å². The van der Waals surface area contributed by atoms with E-state index in [4.69, 9.17) is 9.15 Å². The first-order valence-electron chi connectivity index (χ1n) is 14.3. The second-order valence-electron chi connectivity index (χ2n) is 10.8. The largest absolute Gasteiger partial charge is 0.464 e. The van der Waals surface area contributed by atoms with Gasteiger partial charge in [0.15, 0.2) is 5.43 Å². The number of esters is 1. The van der Waals surface area contributed by atoms with Gasteiger partial charge in [0, 0.05) is 23.3 Å². The van der Waals surface area contributed by atoms with Crippen LogP contribution < -0.4 is 10.7 Å². The molecule has 0 aliphatic carbocycles. The topological polar surface area (TPSA) is 92.1 Å². The minimum absolute atomic E-state index is 0.179. The van der Waals surface area contributed by atoms with Crippen LogP contribution in [0, 0.1) is 5.92 Å². The number of fused-ring (bicyclic) bond motifs is 1. The first-order chi connectivity index (χ1) is 19.9. The normalized spacial score (nSPS) is 18.6. The van der Waals surface area contributed by atoms with Gasteiger partial charge in [-0.3, -0.25) is 14.6 Å². The van der Waals surface area contributed by atoms with Gasteiger partial charge in [-0.05, 0) is 82.3 Å². The molecule has 0 radical (unpaired) electrons. The molecule has 0 bridgehead atoms. The van der Waals surface area contributed by atoms with Gasteiger partial charge in [0.05, 0.1) is 29.2 Å². The second-order valence-corrected chi connectivity index (χ2v) is 11.7. The zero-order valence-electron chi connectivity index (χ0n) is 23.5. The Balaban J connectivity index is 1.28. The van der Waals surface area contributed by atoms with Crippen molar-refractivity contribution in [3.05, 3.63) is 91.9 Å². The Hall–Kier alpha value is -3.43. The van der Waals surface area contributed by atoms with Gasteiger partial charge >= 0.3 is 12.0 Å². The number of ether oxygens (including phenoxy) is 1. The Labute approximate surface area is 248 Å². The molecule has 1 aromatic heterocycles. The number of allylic oxidation sites excluding steroid dienone is 1. The molecule has 2 aliphatic rings. The number of urea groups is 1. The number of nitrogens with one attached hydrogen (secondary N) is 1. The van der Waals surface area contributed by atoms with Gasteiger partial charge < -0.3 is 14.5 Å². The molecule has 1 fully saturated rings. The highest BCUT2D eigenvalue weighted by Gasteiger charge is 2.38. The third kappa shape index (κ3) is 6.57. The number of hydrogen-bond acceptors (Lipinski definition) is 6. The summed E-state index contributed by atoms with van der Waals surface area (Å²) in [5.74, 6) is 0.0533. The molecule has 3 aromatic rings. The van der Waals surface area contributed by atoms with E-state index in [1.165, 1.54) is 11.8 Å². The highest BCUT2D eigenvalue weighted by atomic mass is 79.9. The van der Waals surface area contributed by atoms with Gasteiger partial charge in [-0.1, -0.05) is 46.3 Å². The number of carbonyl (C=O) groups is 2. The van der Waals surface area contributed by atoms with E-state index in [-0.39, 0.29) is 29.2 Å². The van der Waals surface area contributed by atoms with Gasteiger partial charge in [-0.25, -0.2) is 9.59 Å². The maximum Gasteiger partial charge on any atom is 0.338 e. The zero-order chi connectivity index (χ0) is 28.9. The molecule has 2 amide bonds. The fraction of sp³-hybridized carbons (Fsp3) is 0.406. The number of benzene rings is 2. The van der Waals surface area contributed by atoms with E-state index < -0.39 is 12.0 Å². The summed E-state index contributed by atoms with van der Waals surface area (Å²) in [4.78, 5) is 44.0. The van der Waals surface area contributed by atoms with Crippen LogP contribution in [-0.4, -0.2) is 48.0 Å². The van der Waals surface area contributed by atoms with Crippen LogP contribution in [0.15, 0.2) is 79.7 Å². The minimum Gasteiger partial charge on any atom is -0.464 e. The van der Waals surface area contributed by atoms with Gasteiger partial charge in [-0.2, -0.15) is 0 Å². The summed E-state index contributed by atoms with van der Waals surface area (Å²) in [6.45, 7) is 7.27. The van der Waals surface area contributed by atoms with Crippen molar-refractivity contribution < 1.29 is 18.7 Å². The molecule has 2 aromatic carbocycles. The monoisotopic (exact) mass is 621 g/mol. The van der Waals surface area contributed by atoms with Gasteiger partial charge in [0.1, 0.15) is 11.8 Å². The van der Waals surface area contributed by atoms with Gasteiger partial charge in [0.25, 0.3) is 0 Å². The molecule has 9 heteroatoms. The van der Waals surface area contributed by atoms with Crippen LogP contribution in [0.3, 0.4) is 0 Å². The van der Waals surface area contributed by atoms with Crippen molar-refractivity contribution in [3.8, 4) is 0 Å². The first kappa shape index (κ1) is 29.1. The third-order valence-corrected chi connectivity index (χ3v) is 8.61. The van der Waals surface area contributed by atoms with E-state index in [9.17, 15) is 14.4 Å². The fourth-order valence-corrected chi connectivity index (χ4v) is 6.25. The maximum absolute atomic E-state index is 13.4. The molecule has 0 spiro atoms. The number of hydrogen-bond donors (Lipinski definition) is 1. The van der Waals surface area contributed by atoms with Crippen molar-refractivity contribution >= 4 is 38.9 Å². The van der Waals surface area contributed by atoms with E-state index in [0.29, 0.717) is 29.1 Å². The van der Waals surface area contributed by atoms with Crippen molar-refractivity contribution in [1.82, 2.24) is 15.1 Å². The summed E-state index contributed by atoms with van der Waals surface area (Å²) in [6.07, 6.45) is 5.43. The van der Waals surface area contributed by atoms with Crippen LogP contribution in [-0.2, 0) is 16.1 Å². The van der Waals surface area contributed by atoms with E-state index in [1.54, 1.807) is 36.9 Å². The van der Waals surface area contributed by atoms with Crippen LogP contribution in [0.25, 0.3) is 11.0 Å². The van der Waals surface area contributed by atoms with E-state index in [0.717, 1.165) is 49.8 Å². The average molecular weight is 623 g/mol. The highest BCUT2D eigenvalue weighted by molar-refractivity contribution is 9.10. The van der Waals surface area contributed by atoms with E-state index in [1.807, 2.05) is 6.07 Å². The summed E-state index contributed by atoms with van der Waals surface area (Å²) < 4.78 is 11.8. The number of nitrogens with zero attached hydrogens (tertiary/aromatic N) is 2. The lowest BCUT2D eigenvalue weighted by molar-refractivity contribution is -0.139. The molecular formula is C32H36BrN3O5. The quantitative estimate of drug-likeness (QED) is 0.288. The third-order valence-electron chi connectivity index (χ3n) is 8.11. The highest BCUT2D eigenvalue weighted by Crippen LogP contribution is 2.32. The number of carbonyl (C=O) groups excluding carboxylic acids is 2. The second kappa shape index (κ2) is 13.0. The number of amides is 2. The van der Waals surface area contributed by atoms with E-state index in [2.05, 4.69) is 50.4 Å². The van der Waals surface area contributed by atoms with Crippen LogP contribution in [0.2, 0.25) is 0 Å². The molecular weight excluding hydrogens is 586 g/mol. The number of piperidine rings is 1. The molecule has 5 rings (SSSR count). The van der Waals surface area contributed by atoms with E-state index >= 15 is 0 Å². The molecule has 1 atom stereocenters. The van der Waals surface area contributed by atoms with Gasteiger partial charge in [-0.15, -0.1) is 0 Å². The van der Waals surface area contributed by atoms with Crippen LogP contribution in [0.5, 0.6) is 0 Å².